The minimum absolute atomic E-state index is 0.0295. The van der Waals surface area contributed by atoms with Crippen molar-refractivity contribution in [3.63, 3.8) is 0 Å². The van der Waals surface area contributed by atoms with E-state index in [1.54, 1.807) is 24.5 Å². The van der Waals surface area contributed by atoms with Gasteiger partial charge >= 0.3 is 12.1 Å². The number of hydrogen-bond donors (Lipinski definition) is 3. The van der Waals surface area contributed by atoms with Crippen LogP contribution in [0.25, 0.3) is 11.1 Å². The molecule has 0 saturated carbocycles. The summed E-state index contributed by atoms with van der Waals surface area (Å²) in [4.78, 5) is 39.8. The normalized spacial score (nSPS) is 12.8. The molecule has 3 aromatic rings. The Morgan fingerprint density at radius 2 is 1.65 bits per heavy atom. The molecule has 1 aromatic heterocycles. The van der Waals surface area contributed by atoms with Gasteiger partial charge in [0.2, 0.25) is 5.91 Å². The lowest BCUT2D eigenvalue weighted by Gasteiger charge is -2.16. The van der Waals surface area contributed by atoms with E-state index in [0.717, 1.165) is 22.3 Å². The van der Waals surface area contributed by atoms with Crippen LogP contribution < -0.4 is 10.6 Å². The van der Waals surface area contributed by atoms with Gasteiger partial charge in [-0.1, -0.05) is 54.6 Å². The highest BCUT2D eigenvalue weighted by molar-refractivity contribution is 5.84. The first kappa shape index (κ1) is 23.0. The van der Waals surface area contributed by atoms with E-state index in [9.17, 15) is 19.5 Å². The second-order valence-electron chi connectivity index (χ2n) is 8.03. The summed E-state index contributed by atoms with van der Waals surface area (Å²) in [5.41, 5.74) is 5.21. The van der Waals surface area contributed by atoms with Gasteiger partial charge in [0.15, 0.2) is 0 Å². The largest absolute Gasteiger partial charge is 0.480 e. The number of nitrogens with zero attached hydrogens (tertiary/aromatic N) is 1. The first-order valence-corrected chi connectivity index (χ1v) is 11.0. The predicted octanol–water partition coefficient (Wildman–Crippen LogP) is 3.12. The standard InChI is InChI=1S/C26H25N3O5/c30-24(29-23(25(31)32)14-17-6-5-12-27-15-17)11-13-28-26(33)34-16-22-20-9-3-1-7-18(20)19-8-2-4-10-21(19)22/h1-10,12,15,22-23H,11,13-14,16H2,(H,28,33)(H,29,30)(H,31,32)/t23-/m1/s1. The van der Waals surface area contributed by atoms with Crippen LogP contribution in [-0.4, -0.2) is 47.3 Å². The zero-order chi connectivity index (χ0) is 23.9. The van der Waals surface area contributed by atoms with Crippen molar-refractivity contribution in [1.29, 1.82) is 0 Å². The van der Waals surface area contributed by atoms with Gasteiger partial charge in [0, 0.05) is 37.7 Å². The number of amides is 2. The van der Waals surface area contributed by atoms with E-state index in [-0.39, 0.29) is 31.9 Å². The Bertz CT molecular complexity index is 1140. The van der Waals surface area contributed by atoms with Crippen LogP contribution in [0.2, 0.25) is 0 Å². The van der Waals surface area contributed by atoms with E-state index in [1.165, 1.54) is 0 Å². The van der Waals surface area contributed by atoms with Crippen LogP contribution in [0.5, 0.6) is 0 Å². The molecule has 1 aliphatic rings. The first-order valence-electron chi connectivity index (χ1n) is 11.0. The minimum Gasteiger partial charge on any atom is -0.480 e. The van der Waals surface area contributed by atoms with Crippen LogP contribution in [0.1, 0.15) is 29.0 Å². The molecular weight excluding hydrogens is 434 g/mol. The number of benzene rings is 2. The van der Waals surface area contributed by atoms with Gasteiger partial charge in [0.1, 0.15) is 12.6 Å². The molecule has 34 heavy (non-hydrogen) atoms. The fourth-order valence-corrected chi connectivity index (χ4v) is 4.15. The Hall–Kier alpha value is -4.20. The number of fused-ring (bicyclic) bond motifs is 3. The number of rotatable bonds is 9. The number of ether oxygens (including phenoxy) is 1. The highest BCUT2D eigenvalue weighted by Gasteiger charge is 2.29. The fraction of sp³-hybridized carbons (Fsp3) is 0.231. The summed E-state index contributed by atoms with van der Waals surface area (Å²) in [6.07, 6.45) is 2.57. The van der Waals surface area contributed by atoms with E-state index in [2.05, 4.69) is 27.8 Å². The van der Waals surface area contributed by atoms with Gasteiger partial charge in [-0.3, -0.25) is 9.78 Å². The average Bonchev–Trinajstić information content (AvgIpc) is 3.16. The summed E-state index contributed by atoms with van der Waals surface area (Å²) in [5.74, 6) is -1.66. The molecule has 1 heterocycles. The third-order valence-corrected chi connectivity index (χ3v) is 5.76. The van der Waals surface area contributed by atoms with Crippen LogP contribution in [0.3, 0.4) is 0 Å². The van der Waals surface area contributed by atoms with E-state index in [0.29, 0.717) is 5.56 Å². The number of aliphatic carboxylic acids is 1. The third-order valence-electron chi connectivity index (χ3n) is 5.76. The Morgan fingerprint density at radius 1 is 0.971 bits per heavy atom. The molecule has 8 nitrogen and oxygen atoms in total. The monoisotopic (exact) mass is 459 g/mol. The Morgan fingerprint density at radius 3 is 2.26 bits per heavy atom. The van der Waals surface area contributed by atoms with E-state index >= 15 is 0 Å². The number of alkyl carbamates (subject to hydrolysis) is 1. The third kappa shape index (κ3) is 5.40. The maximum atomic E-state index is 12.2. The number of carbonyl (C=O) groups excluding carboxylic acids is 2. The number of aromatic nitrogens is 1. The maximum absolute atomic E-state index is 12.2. The molecule has 1 atom stereocenters. The molecule has 8 heteroatoms. The molecule has 0 bridgehead atoms. The van der Waals surface area contributed by atoms with Gasteiger partial charge < -0.3 is 20.5 Å². The topological polar surface area (TPSA) is 118 Å². The Kier molecular flexibility index (Phi) is 7.17. The first-order chi connectivity index (χ1) is 16.5. The molecule has 0 radical (unpaired) electrons. The second kappa shape index (κ2) is 10.6. The average molecular weight is 460 g/mol. The number of pyridine rings is 1. The van der Waals surface area contributed by atoms with Crippen LogP contribution in [-0.2, 0) is 20.7 Å². The Labute approximate surface area is 197 Å². The molecule has 0 fully saturated rings. The van der Waals surface area contributed by atoms with Crippen LogP contribution in [0.15, 0.2) is 73.1 Å². The number of nitrogens with one attached hydrogen (secondary N) is 2. The summed E-state index contributed by atoms with van der Waals surface area (Å²) < 4.78 is 5.44. The van der Waals surface area contributed by atoms with Crippen LogP contribution in [0.4, 0.5) is 4.79 Å². The molecule has 3 N–H and O–H groups in total. The molecule has 0 spiro atoms. The van der Waals surface area contributed by atoms with Crippen molar-refractivity contribution in [3.05, 3.63) is 89.7 Å². The van der Waals surface area contributed by atoms with Crippen molar-refractivity contribution in [2.24, 2.45) is 0 Å². The molecule has 1 aliphatic carbocycles. The smallest absolute Gasteiger partial charge is 0.407 e. The molecule has 0 aliphatic heterocycles. The van der Waals surface area contributed by atoms with Gasteiger partial charge in [-0.2, -0.15) is 0 Å². The fourth-order valence-electron chi connectivity index (χ4n) is 4.15. The Balaban J connectivity index is 1.24. The quantitative estimate of drug-likeness (QED) is 0.453. The zero-order valence-corrected chi connectivity index (χ0v) is 18.4. The van der Waals surface area contributed by atoms with Gasteiger partial charge in [-0.25, -0.2) is 9.59 Å². The van der Waals surface area contributed by atoms with Crippen molar-refractivity contribution in [3.8, 4) is 11.1 Å². The SMILES string of the molecule is O=C(CCNC(=O)OCC1c2ccccc2-c2ccccc21)N[C@H](Cc1cccnc1)C(=O)O. The van der Waals surface area contributed by atoms with Crippen molar-refractivity contribution < 1.29 is 24.2 Å². The minimum atomic E-state index is -1.14. The van der Waals surface area contributed by atoms with E-state index in [4.69, 9.17) is 4.74 Å². The number of carbonyl (C=O) groups is 3. The summed E-state index contributed by atoms with van der Waals surface area (Å²) in [5, 5.41) is 14.4. The van der Waals surface area contributed by atoms with Crippen LogP contribution in [0, 0.1) is 0 Å². The van der Waals surface area contributed by atoms with E-state index < -0.39 is 24.0 Å². The summed E-state index contributed by atoms with van der Waals surface area (Å²) >= 11 is 0. The van der Waals surface area contributed by atoms with Gasteiger partial charge in [-0.05, 0) is 33.9 Å². The van der Waals surface area contributed by atoms with Crippen molar-refractivity contribution in [1.82, 2.24) is 15.6 Å². The lowest BCUT2D eigenvalue weighted by molar-refractivity contribution is -0.141. The number of carboxylic acid groups (broad SMARTS) is 1. The molecule has 2 aromatic carbocycles. The lowest BCUT2D eigenvalue weighted by atomic mass is 9.98. The summed E-state index contributed by atoms with van der Waals surface area (Å²) in [7, 11) is 0. The zero-order valence-electron chi connectivity index (χ0n) is 18.4. The highest BCUT2D eigenvalue weighted by Crippen LogP contribution is 2.44. The summed E-state index contributed by atoms with van der Waals surface area (Å²) in [6, 6.07) is 18.5. The predicted molar refractivity (Wildman–Crippen MR) is 125 cm³/mol. The lowest BCUT2D eigenvalue weighted by Crippen LogP contribution is -2.43. The molecule has 0 saturated heterocycles. The van der Waals surface area contributed by atoms with Crippen LogP contribution >= 0.6 is 0 Å². The second-order valence-corrected chi connectivity index (χ2v) is 8.03. The molecule has 0 unspecified atom stereocenters. The molecule has 4 rings (SSSR count). The number of carboxylic acids is 1. The van der Waals surface area contributed by atoms with E-state index in [1.807, 2.05) is 36.4 Å². The highest BCUT2D eigenvalue weighted by atomic mass is 16.5. The molecular formula is C26H25N3O5. The van der Waals surface area contributed by atoms with Crippen molar-refractivity contribution >= 4 is 18.0 Å². The molecule has 174 valence electrons. The van der Waals surface area contributed by atoms with Gasteiger partial charge in [0.05, 0.1) is 0 Å². The van der Waals surface area contributed by atoms with Gasteiger partial charge in [-0.15, -0.1) is 0 Å². The van der Waals surface area contributed by atoms with Crippen molar-refractivity contribution in [2.75, 3.05) is 13.2 Å². The molecule has 2 amide bonds. The van der Waals surface area contributed by atoms with Gasteiger partial charge in [0.25, 0.3) is 0 Å². The maximum Gasteiger partial charge on any atom is 0.407 e. The van der Waals surface area contributed by atoms with Crippen molar-refractivity contribution in [2.45, 2.75) is 24.8 Å². The summed E-state index contributed by atoms with van der Waals surface area (Å²) in [6.45, 7) is 0.208. The number of hydrogen-bond acceptors (Lipinski definition) is 5.